The molecule has 0 unspecified atom stereocenters. The van der Waals surface area contributed by atoms with Crippen LogP contribution in [0.25, 0.3) is 0 Å². The first-order chi connectivity index (χ1) is 6.00. The van der Waals surface area contributed by atoms with Gasteiger partial charge in [0.1, 0.15) is 0 Å². The largest absolute Gasteiger partial charge is 0.401 e. The Bertz CT molecular complexity index is 95.6. The molecule has 0 aliphatic carbocycles. The van der Waals surface area contributed by atoms with Crippen molar-refractivity contribution in [3.05, 3.63) is 0 Å². The summed E-state index contributed by atoms with van der Waals surface area (Å²) in [6, 6.07) is 0. The van der Waals surface area contributed by atoms with Crippen LogP contribution >= 0.6 is 104 Å². The molecule has 0 amide bonds. The van der Waals surface area contributed by atoms with Crippen molar-refractivity contribution in [2.24, 2.45) is 0 Å². The molecular weight excluding hydrogens is 412 g/mol. The predicted octanol–water partition coefficient (Wildman–Crippen LogP) is 6.85. The first kappa shape index (κ1) is 22.6. The van der Waals surface area contributed by atoms with Gasteiger partial charge in [-0.25, -0.2) is 0 Å². The van der Waals surface area contributed by atoms with Crippen molar-refractivity contribution in [2.45, 2.75) is 12.1 Å². The van der Waals surface area contributed by atoms with Crippen molar-refractivity contribution in [2.75, 3.05) is 0 Å². The van der Waals surface area contributed by atoms with Crippen molar-refractivity contribution in [1.29, 1.82) is 0 Å². The summed E-state index contributed by atoms with van der Waals surface area (Å²) < 4.78 is 27.9. The Morgan fingerprint density at radius 2 is 0.533 bits per heavy atom. The van der Waals surface area contributed by atoms with Crippen molar-refractivity contribution in [1.82, 2.24) is 0 Å². The Morgan fingerprint density at radius 3 is 0.533 bits per heavy atom. The molecule has 96 valence electrons. The fourth-order valence-corrected chi connectivity index (χ4v) is 0. The van der Waals surface area contributed by atoms with Crippen LogP contribution in [0.3, 0.4) is 0 Å². The van der Waals surface area contributed by atoms with Gasteiger partial charge >= 0.3 is 8.89 Å². The molecule has 0 aromatic heterocycles. The minimum Gasteiger partial charge on any atom is -0.189 e. The molecule has 0 aliphatic rings. The molecule has 0 bridgehead atoms. The first-order valence-corrected chi connectivity index (χ1v) is 5.67. The summed E-state index contributed by atoms with van der Waals surface area (Å²) in [6.45, 7) is 0. The predicted molar refractivity (Wildman–Crippen MR) is 64.2 cm³/mol. The number of halogens is 12. The lowest BCUT2D eigenvalue weighted by atomic mass is 11.7. The highest BCUT2D eigenvalue weighted by Gasteiger charge is 2.17. The highest BCUT2D eigenvalue weighted by Crippen LogP contribution is 2.29. The Hall–Kier alpha value is 2.40. The fraction of sp³-hybridized carbons (Fsp3) is 1.00. The molecule has 0 aliphatic heterocycles. The monoisotopic (exact) mass is 408 g/mol. The van der Waals surface area contributed by atoms with Crippen LogP contribution in [0, 0.1) is 0 Å². The summed E-state index contributed by atoms with van der Waals surface area (Å²) in [5.74, 6) is 0. The summed E-state index contributed by atoms with van der Waals surface area (Å²) in [4.78, 5) is -3.56. The van der Waals surface area contributed by atoms with Crippen LogP contribution in [0.1, 0.15) is 0 Å². The molecule has 0 heterocycles. The molecule has 0 atom stereocenters. The minimum absolute atomic E-state index is 1.61. The normalized spacial score (nSPS) is 12.0. The maximum Gasteiger partial charge on any atom is 0.401 e. The first-order valence-electron chi connectivity index (χ1n) is 2.27. The Morgan fingerprint density at radius 1 is 0.533 bits per heavy atom. The molecule has 12 heteroatoms. The lowest BCUT2D eigenvalue weighted by Gasteiger charge is -1.91. The van der Waals surface area contributed by atoms with Crippen molar-refractivity contribution < 1.29 is 13.2 Å². The van der Waals surface area contributed by atoms with E-state index in [2.05, 4.69) is 58.0 Å². The zero-order valence-corrected chi connectivity index (χ0v) is 12.8. The van der Waals surface area contributed by atoms with E-state index in [4.69, 9.17) is 46.4 Å². The Kier molecular flexibility index (Phi) is 14.1. The summed E-state index contributed by atoms with van der Waals surface area (Å²) in [7, 11) is 0. The zero-order chi connectivity index (χ0) is 13.5. The number of rotatable bonds is 0. The van der Waals surface area contributed by atoms with Gasteiger partial charge in [-0.3, -0.25) is 0 Å². The molecule has 0 saturated carbocycles. The molecule has 0 saturated heterocycles. The van der Waals surface area contributed by atoms with Gasteiger partial charge in [0.05, 0.1) is 0 Å². The molecule has 0 radical (unpaired) electrons. The summed E-state index contributed by atoms with van der Waals surface area (Å²) >= 11 is 40.4. The lowest BCUT2D eigenvalue weighted by Crippen LogP contribution is -1.86. The van der Waals surface area contributed by atoms with E-state index in [1.165, 1.54) is 0 Å². The molecule has 0 N–H and O–H groups in total. The van der Waals surface area contributed by atoms with E-state index in [1.807, 2.05) is 0 Å². The number of hydrogen-bond donors (Lipinski definition) is 0. The van der Waals surface area contributed by atoms with Gasteiger partial charge in [-0.15, -0.1) is 0 Å². The van der Waals surface area contributed by atoms with Gasteiger partial charge in [0.15, 0.2) is 0 Å². The third-order valence-electron chi connectivity index (χ3n) is 0. The van der Waals surface area contributed by atoms with Crippen molar-refractivity contribution in [3.8, 4) is 0 Å². The van der Waals surface area contributed by atoms with E-state index >= 15 is 0 Å². The smallest absolute Gasteiger partial charge is 0.189 e. The van der Waals surface area contributed by atoms with Crippen LogP contribution < -0.4 is 0 Å². The van der Waals surface area contributed by atoms with E-state index in [1.54, 1.807) is 0 Å². The van der Waals surface area contributed by atoms with Gasteiger partial charge in [0.2, 0.25) is 0 Å². The summed E-state index contributed by atoms with van der Waals surface area (Å²) in [6.07, 6.45) is 0. The summed E-state index contributed by atoms with van der Waals surface area (Å²) in [5.41, 5.74) is 0. The molecular formula is C3Cl9F3. The topological polar surface area (TPSA) is 0 Å². The second-order valence-electron chi connectivity index (χ2n) is 1.29. The quantitative estimate of drug-likeness (QED) is 0.382. The maximum absolute atomic E-state index is 11.0. The minimum atomic E-state index is -3.56. The molecule has 15 heavy (non-hydrogen) atoms. The SMILES string of the molecule is ClC(Cl)(Cl)Cl.FC(Cl)(Cl)Cl.FC(F)(Cl)Cl. The average molecular weight is 412 g/mol. The fourth-order valence-electron chi connectivity index (χ4n) is 0. The Labute approximate surface area is 129 Å². The van der Waals surface area contributed by atoms with Crippen molar-refractivity contribution >= 4 is 104 Å². The van der Waals surface area contributed by atoms with Gasteiger partial charge in [-0.2, -0.15) is 13.2 Å². The maximum atomic E-state index is 11.0. The molecule has 0 fully saturated rings. The van der Waals surface area contributed by atoms with Crippen LogP contribution in [0.2, 0.25) is 0 Å². The molecule has 0 aromatic rings. The third kappa shape index (κ3) is 590. The van der Waals surface area contributed by atoms with E-state index in [0.717, 1.165) is 0 Å². The average Bonchev–Trinajstić information content (AvgIpc) is 1.41. The van der Waals surface area contributed by atoms with Crippen molar-refractivity contribution in [3.63, 3.8) is 0 Å². The van der Waals surface area contributed by atoms with Gasteiger partial charge in [-0.05, 0) is 58.0 Å². The molecule has 0 rings (SSSR count). The van der Waals surface area contributed by atoms with Crippen LogP contribution in [0.4, 0.5) is 13.2 Å². The third-order valence-corrected chi connectivity index (χ3v) is 0. The van der Waals surface area contributed by atoms with Crippen LogP contribution in [-0.2, 0) is 0 Å². The van der Waals surface area contributed by atoms with Gasteiger partial charge in [0, 0.05) is 0 Å². The van der Waals surface area contributed by atoms with Gasteiger partial charge in [-0.1, -0.05) is 46.4 Å². The Balaban J connectivity index is -0.000000144. The summed E-state index contributed by atoms with van der Waals surface area (Å²) in [5, 5.41) is 0. The van der Waals surface area contributed by atoms with E-state index in [0.29, 0.717) is 0 Å². The van der Waals surface area contributed by atoms with Crippen LogP contribution in [0.5, 0.6) is 0 Å². The second-order valence-corrected chi connectivity index (χ2v) is 8.00. The van der Waals surface area contributed by atoms with E-state index in [-0.39, 0.29) is 0 Å². The molecule has 0 spiro atoms. The highest BCUT2D eigenvalue weighted by molar-refractivity contribution is 6.83. The van der Waals surface area contributed by atoms with Gasteiger partial charge in [0.25, 0.3) is 3.25 Å². The highest BCUT2D eigenvalue weighted by atomic mass is 35.6. The lowest BCUT2D eigenvalue weighted by molar-refractivity contribution is 0.194. The van der Waals surface area contributed by atoms with Crippen LogP contribution in [0.15, 0.2) is 0 Å². The second kappa shape index (κ2) is 9.35. The zero-order valence-electron chi connectivity index (χ0n) is 6.04. The standard InChI is InChI=1S/CCl4.CCl3F.CCl2F2/c3*2-1(3,4)5. The van der Waals surface area contributed by atoms with E-state index < -0.39 is 12.1 Å². The number of alkyl halides is 12. The van der Waals surface area contributed by atoms with Gasteiger partial charge < -0.3 is 0 Å². The van der Waals surface area contributed by atoms with E-state index in [9.17, 15) is 13.2 Å². The molecule has 0 aromatic carbocycles. The number of hydrogen-bond acceptors (Lipinski definition) is 0. The molecule has 0 nitrogen and oxygen atoms in total. The van der Waals surface area contributed by atoms with Crippen LogP contribution in [-0.4, -0.2) is 12.1 Å².